The van der Waals surface area contributed by atoms with Crippen molar-refractivity contribution in [2.75, 3.05) is 6.61 Å². The number of fused-ring (bicyclic) bond motifs is 7. The molecule has 6 N–H and O–H groups in total. The van der Waals surface area contributed by atoms with Crippen molar-refractivity contribution in [3.8, 4) is 0 Å². The maximum atomic E-state index is 12.7. The Morgan fingerprint density at radius 3 is 2.17 bits per heavy atom. The molecule has 0 heterocycles. The molecule has 0 bridgehead atoms. The molecule has 36 heavy (non-hydrogen) atoms. The first kappa shape index (κ1) is 26.6. The van der Waals surface area contributed by atoms with E-state index in [1.54, 1.807) is 6.92 Å². The van der Waals surface area contributed by atoms with Gasteiger partial charge in [-0.1, -0.05) is 46.3 Å². The third-order valence-electron chi connectivity index (χ3n) is 12.3. The lowest BCUT2D eigenvalue weighted by atomic mass is 9.36. The largest absolute Gasteiger partial charge is 0.481 e. The monoisotopic (exact) mass is 506 g/mol. The molecule has 1 unspecified atom stereocenters. The highest BCUT2D eigenvalue weighted by atomic mass is 16.4. The zero-order chi connectivity index (χ0) is 26.6. The number of carboxylic acid groups (broad SMARTS) is 1. The van der Waals surface area contributed by atoms with Gasteiger partial charge in [0.1, 0.15) is 5.41 Å². The van der Waals surface area contributed by atoms with E-state index in [1.165, 1.54) is 0 Å². The Hall–Kier alpha value is -0.990. The Morgan fingerprint density at radius 1 is 0.917 bits per heavy atom. The second kappa shape index (κ2) is 8.01. The summed E-state index contributed by atoms with van der Waals surface area (Å²) >= 11 is 0. The lowest BCUT2D eigenvalue weighted by Gasteiger charge is -2.70. The van der Waals surface area contributed by atoms with Gasteiger partial charge in [-0.2, -0.15) is 0 Å². The van der Waals surface area contributed by atoms with E-state index in [9.17, 15) is 35.4 Å². The molecular formula is C29H46O7. The maximum absolute atomic E-state index is 12.7. The smallest absolute Gasteiger partial charge is 0.312 e. The average molecular weight is 507 g/mol. The van der Waals surface area contributed by atoms with E-state index in [0.29, 0.717) is 32.1 Å². The van der Waals surface area contributed by atoms with Crippen LogP contribution in [0.4, 0.5) is 0 Å². The van der Waals surface area contributed by atoms with E-state index in [-0.39, 0.29) is 35.7 Å². The Labute approximate surface area is 214 Å². The molecule has 204 valence electrons. The topological polar surface area (TPSA) is 138 Å². The van der Waals surface area contributed by atoms with Gasteiger partial charge >= 0.3 is 5.97 Å². The van der Waals surface area contributed by atoms with Crippen LogP contribution in [0.15, 0.2) is 11.6 Å². The van der Waals surface area contributed by atoms with Crippen molar-refractivity contribution in [2.45, 2.75) is 104 Å². The summed E-state index contributed by atoms with van der Waals surface area (Å²) in [6.07, 6.45) is 2.17. The predicted molar refractivity (Wildman–Crippen MR) is 134 cm³/mol. The highest BCUT2D eigenvalue weighted by Crippen LogP contribution is 2.72. The Morgan fingerprint density at radius 2 is 1.56 bits per heavy atom. The molecule has 4 saturated carbocycles. The Bertz CT molecular complexity index is 961. The summed E-state index contributed by atoms with van der Waals surface area (Å²) in [7, 11) is 0. The van der Waals surface area contributed by atoms with Gasteiger partial charge in [-0.15, -0.1) is 0 Å². The SMILES string of the molecule is CC1(C)CC[C@]2(C(=O)O)[C@H](O)CC3C(=CC[C@@H]4[C@@]5(C)C[C@H](O)[C@H](O)[C@@](C)(CO)[C@@H]5[C@H](O)C[C@@]34C)[C@@H]2C1. The number of allylic oxidation sites excluding steroid dienone is 2. The fourth-order valence-corrected chi connectivity index (χ4v) is 10.7. The van der Waals surface area contributed by atoms with Crippen LogP contribution in [0.5, 0.6) is 0 Å². The normalized spacial score (nSPS) is 55.9. The first-order valence-electron chi connectivity index (χ1n) is 13.8. The molecule has 0 radical (unpaired) electrons. The molecule has 5 rings (SSSR count). The molecule has 12 atom stereocenters. The lowest BCUT2D eigenvalue weighted by Crippen LogP contribution is -2.70. The second-order valence-electron chi connectivity index (χ2n) is 14.7. The summed E-state index contributed by atoms with van der Waals surface area (Å²) in [5.41, 5.74) is -2.01. The van der Waals surface area contributed by atoms with Crippen LogP contribution in [0.1, 0.15) is 79.6 Å². The first-order chi connectivity index (χ1) is 16.6. The van der Waals surface area contributed by atoms with E-state index >= 15 is 0 Å². The van der Waals surface area contributed by atoms with Gasteiger partial charge in [-0.3, -0.25) is 4.79 Å². The number of aliphatic carboxylic acids is 1. The van der Waals surface area contributed by atoms with Crippen LogP contribution >= 0.6 is 0 Å². The quantitative estimate of drug-likeness (QED) is 0.317. The Kier molecular flexibility index (Phi) is 5.92. The van der Waals surface area contributed by atoms with Crippen LogP contribution in [0.25, 0.3) is 0 Å². The Balaban J connectivity index is 1.62. The molecule has 7 heteroatoms. The first-order valence-corrected chi connectivity index (χ1v) is 13.8. The van der Waals surface area contributed by atoms with Gasteiger partial charge in [0.2, 0.25) is 0 Å². The molecule has 7 nitrogen and oxygen atoms in total. The van der Waals surface area contributed by atoms with Gasteiger partial charge in [0.15, 0.2) is 0 Å². The van der Waals surface area contributed by atoms with Crippen molar-refractivity contribution >= 4 is 5.97 Å². The third-order valence-corrected chi connectivity index (χ3v) is 12.3. The fraction of sp³-hybridized carbons (Fsp3) is 0.897. The van der Waals surface area contributed by atoms with Crippen molar-refractivity contribution < 1.29 is 35.4 Å². The number of aliphatic hydroxyl groups excluding tert-OH is 5. The number of hydrogen-bond acceptors (Lipinski definition) is 6. The molecule has 0 aliphatic heterocycles. The minimum absolute atomic E-state index is 0.0144. The number of carbonyl (C=O) groups is 1. The van der Waals surface area contributed by atoms with Crippen molar-refractivity contribution in [3.05, 3.63) is 11.6 Å². The van der Waals surface area contributed by atoms with Gasteiger partial charge in [-0.05, 0) is 78.9 Å². The number of hydrogen-bond donors (Lipinski definition) is 6. The van der Waals surface area contributed by atoms with Gasteiger partial charge in [0.05, 0.1) is 31.0 Å². The van der Waals surface area contributed by atoms with E-state index in [2.05, 4.69) is 33.8 Å². The lowest BCUT2D eigenvalue weighted by molar-refractivity contribution is -0.266. The molecule has 0 saturated heterocycles. The standard InChI is InChI=1S/C29H46O7/c1-25(2)8-9-29(24(35)36)17(11-25)15-6-7-20-26(3,16(15)10-21(29)33)12-18(31)22-27(20,4)13-19(32)23(34)28(22,5)14-30/h6,16-23,30-34H,7-14H2,1-5H3,(H,35,36)/t16?,17-,18+,19-,20-,21+,22+,23-,26-,27+,28-,29+/m0/s1. The van der Waals surface area contributed by atoms with Crippen molar-refractivity contribution in [1.29, 1.82) is 0 Å². The molecular weight excluding hydrogens is 460 g/mol. The molecule has 0 spiro atoms. The van der Waals surface area contributed by atoms with Crippen LogP contribution in [-0.4, -0.2) is 67.6 Å². The van der Waals surface area contributed by atoms with E-state index in [4.69, 9.17) is 0 Å². The van der Waals surface area contributed by atoms with Crippen LogP contribution in [0.2, 0.25) is 0 Å². The zero-order valence-corrected chi connectivity index (χ0v) is 22.4. The van der Waals surface area contributed by atoms with E-state index in [1.807, 2.05) is 0 Å². The second-order valence-corrected chi connectivity index (χ2v) is 14.7. The fourth-order valence-electron chi connectivity index (χ4n) is 10.7. The van der Waals surface area contributed by atoms with Gasteiger partial charge in [0.25, 0.3) is 0 Å². The highest BCUT2D eigenvalue weighted by Gasteiger charge is 2.70. The van der Waals surface area contributed by atoms with Gasteiger partial charge in [0, 0.05) is 11.3 Å². The molecule has 5 aliphatic rings. The van der Waals surface area contributed by atoms with Crippen LogP contribution < -0.4 is 0 Å². The number of rotatable bonds is 2. The summed E-state index contributed by atoms with van der Waals surface area (Å²) in [5, 5.41) is 65.8. The van der Waals surface area contributed by atoms with Crippen LogP contribution in [0.3, 0.4) is 0 Å². The van der Waals surface area contributed by atoms with Gasteiger partial charge < -0.3 is 30.6 Å². The minimum Gasteiger partial charge on any atom is -0.481 e. The molecule has 0 aromatic rings. The van der Waals surface area contributed by atoms with Crippen LogP contribution in [-0.2, 0) is 4.79 Å². The average Bonchev–Trinajstić information content (AvgIpc) is 2.77. The van der Waals surface area contributed by atoms with Crippen molar-refractivity contribution in [2.24, 2.45) is 50.7 Å². The summed E-state index contributed by atoms with van der Waals surface area (Å²) in [4.78, 5) is 12.7. The van der Waals surface area contributed by atoms with E-state index in [0.717, 1.165) is 18.4 Å². The summed E-state index contributed by atoms with van der Waals surface area (Å²) in [6.45, 7) is 10.1. The maximum Gasteiger partial charge on any atom is 0.312 e. The third kappa shape index (κ3) is 3.19. The highest BCUT2D eigenvalue weighted by molar-refractivity contribution is 5.77. The molecule has 4 fully saturated rings. The van der Waals surface area contributed by atoms with Crippen LogP contribution in [0, 0.1) is 50.7 Å². The molecule has 0 aromatic heterocycles. The zero-order valence-electron chi connectivity index (χ0n) is 22.4. The number of carboxylic acids is 1. The van der Waals surface area contributed by atoms with Gasteiger partial charge in [-0.25, -0.2) is 0 Å². The summed E-state index contributed by atoms with van der Waals surface area (Å²) in [5.74, 6) is -1.53. The molecule has 0 amide bonds. The van der Waals surface area contributed by atoms with E-state index < -0.39 is 52.0 Å². The molecule has 5 aliphatic carbocycles. The molecule has 0 aromatic carbocycles. The summed E-state index contributed by atoms with van der Waals surface area (Å²) in [6, 6.07) is 0. The van der Waals surface area contributed by atoms with Crippen molar-refractivity contribution in [1.82, 2.24) is 0 Å². The minimum atomic E-state index is -1.17. The summed E-state index contributed by atoms with van der Waals surface area (Å²) < 4.78 is 0. The predicted octanol–water partition coefficient (Wildman–Crippen LogP) is 2.73. The van der Waals surface area contributed by atoms with Crippen molar-refractivity contribution in [3.63, 3.8) is 0 Å². The number of aliphatic hydroxyl groups is 5.